The summed E-state index contributed by atoms with van der Waals surface area (Å²) >= 11 is 0. The number of benzene rings is 1. The molecule has 0 aromatic heterocycles. The molecule has 1 heterocycles. The Morgan fingerprint density at radius 2 is 2.00 bits per heavy atom. The highest BCUT2D eigenvalue weighted by Gasteiger charge is 2.29. The van der Waals surface area contributed by atoms with E-state index in [1.54, 1.807) is 0 Å². The Morgan fingerprint density at radius 1 is 1.32 bits per heavy atom. The summed E-state index contributed by atoms with van der Waals surface area (Å²) in [6.07, 6.45) is 1.34. The number of hydrogen-bond donors (Lipinski definition) is 1. The zero-order chi connectivity index (χ0) is 13.8. The number of rotatable bonds is 4. The molecular formula is C16H23NO2. The number of nitrogens with zero attached hydrogens (tertiary/aromatic N) is 1. The third-order valence-corrected chi connectivity index (χ3v) is 4.36. The van der Waals surface area contributed by atoms with Crippen molar-refractivity contribution in [3.8, 4) is 0 Å². The van der Waals surface area contributed by atoms with Gasteiger partial charge in [-0.3, -0.25) is 9.69 Å². The Bertz CT molecular complexity index is 418. The summed E-state index contributed by atoms with van der Waals surface area (Å²) in [6.45, 7) is 6.54. The summed E-state index contributed by atoms with van der Waals surface area (Å²) in [4.78, 5) is 13.5. The predicted octanol–water partition coefficient (Wildman–Crippen LogP) is 3.18. The SMILES string of the molecule is CC1CCN(C(CC(=O)O)c2ccccc2)CC1C. The van der Waals surface area contributed by atoms with Gasteiger partial charge in [0.2, 0.25) is 0 Å². The largest absolute Gasteiger partial charge is 0.481 e. The maximum atomic E-state index is 11.1. The number of likely N-dealkylation sites (tertiary alicyclic amines) is 1. The van der Waals surface area contributed by atoms with Crippen LogP contribution in [0, 0.1) is 11.8 Å². The monoisotopic (exact) mass is 261 g/mol. The summed E-state index contributed by atoms with van der Waals surface area (Å²) < 4.78 is 0. The van der Waals surface area contributed by atoms with Crippen molar-refractivity contribution in [1.82, 2.24) is 4.90 Å². The Hall–Kier alpha value is -1.35. The van der Waals surface area contributed by atoms with Crippen molar-refractivity contribution in [2.24, 2.45) is 11.8 Å². The smallest absolute Gasteiger partial charge is 0.305 e. The molecule has 0 aliphatic carbocycles. The number of carbonyl (C=O) groups is 1. The number of carboxylic acids is 1. The van der Waals surface area contributed by atoms with Gasteiger partial charge >= 0.3 is 5.97 Å². The molecule has 1 aromatic rings. The number of hydrogen-bond acceptors (Lipinski definition) is 2. The molecule has 3 atom stereocenters. The average Bonchev–Trinajstić information content (AvgIpc) is 2.40. The lowest BCUT2D eigenvalue weighted by molar-refractivity contribution is -0.138. The first-order valence-corrected chi connectivity index (χ1v) is 7.08. The van der Waals surface area contributed by atoms with Gasteiger partial charge in [-0.05, 0) is 30.4 Å². The van der Waals surface area contributed by atoms with Crippen molar-refractivity contribution in [3.05, 3.63) is 35.9 Å². The maximum Gasteiger partial charge on any atom is 0.305 e. The van der Waals surface area contributed by atoms with Crippen LogP contribution in [0.15, 0.2) is 30.3 Å². The highest BCUT2D eigenvalue weighted by Crippen LogP contribution is 2.31. The molecule has 0 bridgehead atoms. The van der Waals surface area contributed by atoms with Crippen LogP contribution in [0.1, 0.15) is 38.3 Å². The van der Waals surface area contributed by atoms with Crippen LogP contribution in [0.5, 0.6) is 0 Å². The average molecular weight is 261 g/mol. The third kappa shape index (κ3) is 3.57. The summed E-state index contributed by atoms with van der Waals surface area (Å²) in [5, 5.41) is 9.17. The first-order valence-electron chi connectivity index (χ1n) is 7.08. The molecule has 104 valence electrons. The molecule has 3 heteroatoms. The quantitative estimate of drug-likeness (QED) is 0.905. The molecule has 1 fully saturated rings. The molecule has 0 radical (unpaired) electrons. The summed E-state index contributed by atoms with van der Waals surface area (Å²) in [5.41, 5.74) is 1.12. The Labute approximate surface area is 115 Å². The zero-order valence-electron chi connectivity index (χ0n) is 11.7. The van der Waals surface area contributed by atoms with E-state index in [1.165, 1.54) is 0 Å². The summed E-state index contributed by atoms with van der Waals surface area (Å²) in [6, 6.07) is 10.0. The van der Waals surface area contributed by atoms with Crippen molar-refractivity contribution in [3.63, 3.8) is 0 Å². The van der Waals surface area contributed by atoms with Crippen LogP contribution >= 0.6 is 0 Å². The first kappa shape index (κ1) is 14.1. The van der Waals surface area contributed by atoms with E-state index < -0.39 is 5.97 Å². The standard InChI is InChI=1S/C16H23NO2/c1-12-8-9-17(11-13(12)2)15(10-16(18)19)14-6-4-3-5-7-14/h3-7,12-13,15H,8-11H2,1-2H3,(H,18,19). The number of aliphatic carboxylic acids is 1. The van der Waals surface area contributed by atoms with Gasteiger partial charge in [-0.2, -0.15) is 0 Å². The van der Waals surface area contributed by atoms with Gasteiger partial charge in [0.15, 0.2) is 0 Å². The van der Waals surface area contributed by atoms with Crippen LogP contribution in [0.3, 0.4) is 0 Å². The fraction of sp³-hybridized carbons (Fsp3) is 0.562. The molecule has 3 nitrogen and oxygen atoms in total. The van der Waals surface area contributed by atoms with Crippen LogP contribution in [0.25, 0.3) is 0 Å². The lowest BCUT2D eigenvalue weighted by Gasteiger charge is -2.40. The molecule has 3 unspecified atom stereocenters. The van der Waals surface area contributed by atoms with E-state index >= 15 is 0 Å². The van der Waals surface area contributed by atoms with Gasteiger partial charge in [0.05, 0.1) is 6.42 Å². The van der Waals surface area contributed by atoms with Crippen molar-refractivity contribution in [1.29, 1.82) is 0 Å². The molecule has 0 saturated carbocycles. The van der Waals surface area contributed by atoms with E-state index in [4.69, 9.17) is 5.11 Å². The molecule has 1 aliphatic heterocycles. The predicted molar refractivity (Wildman–Crippen MR) is 76.0 cm³/mol. The van der Waals surface area contributed by atoms with Crippen molar-refractivity contribution >= 4 is 5.97 Å². The van der Waals surface area contributed by atoms with E-state index in [0.717, 1.165) is 31.0 Å². The topological polar surface area (TPSA) is 40.5 Å². The lowest BCUT2D eigenvalue weighted by Crippen LogP contribution is -2.41. The highest BCUT2D eigenvalue weighted by molar-refractivity contribution is 5.68. The second kappa shape index (κ2) is 6.20. The molecule has 2 rings (SSSR count). The van der Waals surface area contributed by atoms with Crippen molar-refractivity contribution in [2.75, 3.05) is 13.1 Å². The van der Waals surface area contributed by atoms with Crippen LogP contribution < -0.4 is 0 Å². The first-order chi connectivity index (χ1) is 9.08. The number of carboxylic acid groups (broad SMARTS) is 1. The van der Waals surface area contributed by atoms with Gasteiger partial charge in [0, 0.05) is 12.6 Å². The van der Waals surface area contributed by atoms with Gasteiger partial charge in [-0.15, -0.1) is 0 Å². The van der Waals surface area contributed by atoms with E-state index in [2.05, 4.69) is 18.7 Å². The highest BCUT2D eigenvalue weighted by atomic mass is 16.4. The minimum atomic E-state index is -0.722. The molecule has 1 N–H and O–H groups in total. The molecule has 1 aromatic carbocycles. The lowest BCUT2D eigenvalue weighted by atomic mass is 9.87. The molecule has 1 aliphatic rings. The normalized spacial score (nSPS) is 26.0. The van der Waals surface area contributed by atoms with Crippen LogP contribution in [-0.4, -0.2) is 29.1 Å². The third-order valence-electron chi connectivity index (χ3n) is 4.36. The van der Waals surface area contributed by atoms with Crippen LogP contribution in [0.2, 0.25) is 0 Å². The van der Waals surface area contributed by atoms with E-state index in [-0.39, 0.29) is 12.5 Å². The minimum absolute atomic E-state index is 0.00801. The second-order valence-corrected chi connectivity index (χ2v) is 5.76. The van der Waals surface area contributed by atoms with Crippen molar-refractivity contribution in [2.45, 2.75) is 32.7 Å². The van der Waals surface area contributed by atoms with E-state index in [1.807, 2.05) is 30.3 Å². The van der Waals surface area contributed by atoms with Crippen LogP contribution in [-0.2, 0) is 4.79 Å². The molecular weight excluding hydrogens is 238 g/mol. The molecule has 1 saturated heterocycles. The number of piperidine rings is 1. The summed E-state index contributed by atoms with van der Waals surface area (Å²) in [7, 11) is 0. The van der Waals surface area contributed by atoms with E-state index in [0.29, 0.717) is 5.92 Å². The summed E-state index contributed by atoms with van der Waals surface area (Å²) in [5.74, 6) is 0.645. The molecule has 0 amide bonds. The molecule has 19 heavy (non-hydrogen) atoms. The van der Waals surface area contributed by atoms with Crippen LogP contribution in [0.4, 0.5) is 0 Å². The molecule has 0 spiro atoms. The van der Waals surface area contributed by atoms with Gasteiger partial charge < -0.3 is 5.11 Å². The van der Waals surface area contributed by atoms with Gasteiger partial charge in [-0.1, -0.05) is 44.2 Å². The minimum Gasteiger partial charge on any atom is -0.481 e. The fourth-order valence-corrected chi connectivity index (χ4v) is 2.88. The Morgan fingerprint density at radius 3 is 2.58 bits per heavy atom. The Kier molecular flexibility index (Phi) is 4.59. The Balaban J connectivity index is 2.16. The van der Waals surface area contributed by atoms with Gasteiger partial charge in [0.25, 0.3) is 0 Å². The maximum absolute atomic E-state index is 11.1. The van der Waals surface area contributed by atoms with Gasteiger partial charge in [0.1, 0.15) is 0 Å². The zero-order valence-corrected chi connectivity index (χ0v) is 11.7. The second-order valence-electron chi connectivity index (χ2n) is 5.76. The van der Waals surface area contributed by atoms with E-state index in [9.17, 15) is 4.79 Å². The van der Waals surface area contributed by atoms with Gasteiger partial charge in [-0.25, -0.2) is 0 Å². The fourth-order valence-electron chi connectivity index (χ4n) is 2.88. The van der Waals surface area contributed by atoms with Crippen molar-refractivity contribution < 1.29 is 9.90 Å².